The summed E-state index contributed by atoms with van der Waals surface area (Å²) in [7, 11) is 0. The molecule has 2 nitrogen and oxygen atoms in total. The second-order valence-electron chi connectivity index (χ2n) is 3.22. The molecule has 3 N–H and O–H groups in total. The van der Waals surface area contributed by atoms with Crippen LogP contribution in [-0.2, 0) is 0 Å². The van der Waals surface area contributed by atoms with Gasteiger partial charge in [-0.2, -0.15) is 0 Å². The second-order valence-corrected chi connectivity index (χ2v) is 4.06. The summed E-state index contributed by atoms with van der Waals surface area (Å²) >= 11 is 11.7. The van der Waals surface area contributed by atoms with Crippen LogP contribution in [0.3, 0.4) is 0 Å². The molecule has 4 heteroatoms. The highest BCUT2D eigenvalue weighted by atomic mass is 35.5. The minimum Gasteiger partial charge on any atom is -0.508 e. The predicted octanol–water partition coefficient (Wildman–Crippen LogP) is 3.50. The van der Waals surface area contributed by atoms with Crippen LogP contribution in [0.5, 0.6) is 5.75 Å². The van der Waals surface area contributed by atoms with E-state index in [9.17, 15) is 5.11 Å². The smallest absolute Gasteiger partial charge is 0.123 e. The van der Waals surface area contributed by atoms with Gasteiger partial charge < -0.3 is 10.8 Å². The van der Waals surface area contributed by atoms with Gasteiger partial charge in [-0.05, 0) is 18.6 Å². The number of hydrogen-bond donors (Lipinski definition) is 2. The van der Waals surface area contributed by atoms with Crippen LogP contribution in [0.25, 0.3) is 0 Å². The van der Waals surface area contributed by atoms with Crippen LogP contribution in [0.1, 0.15) is 31.4 Å². The molecule has 1 rings (SSSR count). The molecule has 0 spiro atoms. The maximum atomic E-state index is 9.62. The fraction of sp³-hybridized carbons (Fsp3) is 0.400. The minimum atomic E-state index is -0.232. The first-order valence-corrected chi connectivity index (χ1v) is 5.25. The van der Waals surface area contributed by atoms with Gasteiger partial charge in [-0.1, -0.05) is 36.5 Å². The standard InChI is InChI=1S/C10H13Cl2NO/c1-2-3-8(13)10-7(12)4-6(11)5-9(10)14/h4-5,8,14H,2-3,13H2,1H3/t8-/m0/s1. The maximum absolute atomic E-state index is 9.62. The lowest BCUT2D eigenvalue weighted by Gasteiger charge is -2.14. The van der Waals surface area contributed by atoms with Gasteiger partial charge in [0.25, 0.3) is 0 Å². The topological polar surface area (TPSA) is 46.2 Å². The number of nitrogens with two attached hydrogens (primary N) is 1. The van der Waals surface area contributed by atoms with Crippen LogP contribution in [-0.4, -0.2) is 5.11 Å². The monoisotopic (exact) mass is 233 g/mol. The van der Waals surface area contributed by atoms with Gasteiger partial charge in [-0.25, -0.2) is 0 Å². The lowest BCUT2D eigenvalue weighted by molar-refractivity contribution is 0.458. The van der Waals surface area contributed by atoms with Crippen molar-refractivity contribution in [2.45, 2.75) is 25.8 Å². The predicted molar refractivity (Wildman–Crippen MR) is 60.0 cm³/mol. The van der Waals surface area contributed by atoms with Crippen molar-refractivity contribution < 1.29 is 5.11 Å². The quantitative estimate of drug-likeness (QED) is 0.840. The Morgan fingerprint density at radius 1 is 1.43 bits per heavy atom. The highest BCUT2D eigenvalue weighted by Crippen LogP contribution is 2.35. The molecule has 0 saturated carbocycles. The fourth-order valence-electron chi connectivity index (χ4n) is 1.39. The number of hydrogen-bond acceptors (Lipinski definition) is 2. The summed E-state index contributed by atoms with van der Waals surface area (Å²) in [4.78, 5) is 0. The van der Waals surface area contributed by atoms with Crippen molar-refractivity contribution in [2.75, 3.05) is 0 Å². The Morgan fingerprint density at radius 2 is 2.07 bits per heavy atom. The molecule has 0 unspecified atom stereocenters. The molecule has 0 fully saturated rings. The molecule has 0 heterocycles. The minimum absolute atomic E-state index is 0.0726. The lowest BCUT2D eigenvalue weighted by atomic mass is 10.0. The van der Waals surface area contributed by atoms with E-state index >= 15 is 0 Å². The van der Waals surface area contributed by atoms with Crippen LogP contribution < -0.4 is 5.73 Å². The first-order chi connectivity index (χ1) is 6.56. The van der Waals surface area contributed by atoms with Gasteiger partial charge in [0.2, 0.25) is 0 Å². The van der Waals surface area contributed by atoms with E-state index in [0.717, 1.165) is 12.8 Å². The molecule has 14 heavy (non-hydrogen) atoms. The molecule has 0 aliphatic heterocycles. The van der Waals surface area contributed by atoms with E-state index in [4.69, 9.17) is 28.9 Å². The summed E-state index contributed by atoms with van der Waals surface area (Å²) in [6.07, 6.45) is 1.73. The SMILES string of the molecule is CCC[C@H](N)c1c(O)cc(Cl)cc1Cl. The second kappa shape index (κ2) is 4.87. The summed E-state index contributed by atoms with van der Waals surface area (Å²) in [5.41, 5.74) is 6.45. The summed E-state index contributed by atoms with van der Waals surface area (Å²) in [5, 5.41) is 10.5. The number of benzene rings is 1. The number of halogens is 2. The van der Waals surface area contributed by atoms with Crippen molar-refractivity contribution in [3.8, 4) is 5.75 Å². The maximum Gasteiger partial charge on any atom is 0.123 e. The molecular formula is C10H13Cl2NO. The Bertz CT molecular complexity index is 305. The van der Waals surface area contributed by atoms with E-state index in [0.29, 0.717) is 15.6 Å². The molecular weight excluding hydrogens is 221 g/mol. The van der Waals surface area contributed by atoms with Gasteiger partial charge in [0.05, 0.1) is 5.02 Å². The molecule has 0 aromatic heterocycles. The van der Waals surface area contributed by atoms with Crippen molar-refractivity contribution >= 4 is 23.2 Å². The van der Waals surface area contributed by atoms with E-state index in [-0.39, 0.29) is 11.8 Å². The zero-order valence-corrected chi connectivity index (χ0v) is 9.44. The molecule has 0 amide bonds. The molecule has 1 aromatic carbocycles. The highest BCUT2D eigenvalue weighted by Gasteiger charge is 2.14. The average molecular weight is 234 g/mol. The van der Waals surface area contributed by atoms with E-state index in [1.807, 2.05) is 6.92 Å². The average Bonchev–Trinajstić information content (AvgIpc) is 2.01. The van der Waals surface area contributed by atoms with Crippen LogP contribution in [0.15, 0.2) is 12.1 Å². The van der Waals surface area contributed by atoms with Gasteiger partial charge in [0.15, 0.2) is 0 Å². The van der Waals surface area contributed by atoms with Crippen molar-refractivity contribution in [3.05, 3.63) is 27.7 Å². The summed E-state index contributed by atoms with van der Waals surface area (Å²) in [6, 6.07) is 2.82. The Balaban J connectivity index is 3.07. The van der Waals surface area contributed by atoms with Crippen molar-refractivity contribution in [1.82, 2.24) is 0 Å². The molecule has 0 aliphatic rings. The number of aromatic hydroxyl groups is 1. The van der Waals surface area contributed by atoms with E-state index in [2.05, 4.69) is 0 Å². The van der Waals surface area contributed by atoms with Crippen molar-refractivity contribution in [2.24, 2.45) is 5.73 Å². The molecule has 1 aromatic rings. The van der Waals surface area contributed by atoms with Gasteiger partial charge in [-0.3, -0.25) is 0 Å². The molecule has 0 saturated heterocycles. The lowest BCUT2D eigenvalue weighted by Crippen LogP contribution is -2.10. The van der Waals surface area contributed by atoms with E-state index in [1.54, 1.807) is 6.07 Å². The van der Waals surface area contributed by atoms with Crippen LogP contribution >= 0.6 is 23.2 Å². The van der Waals surface area contributed by atoms with Crippen LogP contribution in [0.2, 0.25) is 10.0 Å². The van der Waals surface area contributed by atoms with Crippen LogP contribution in [0, 0.1) is 0 Å². The Hall–Kier alpha value is -0.440. The molecule has 0 aliphatic carbocycles. The molecule has 78 valence electrons. The molecule has 1 atom stereocenters. The third kappa shape index (κ3) is 2.53. The first-order valence-electron chi connectivity index (χ1n) is 4.49. The Labute approximate surface area is 93.6 Å². The summed E-state index contributed by atoms with van der Waals surface area (Å²) in [5.74, 6) is 0.0726. The number of phenolic OH excluding ortho intramolecular Hbond substituents is 1. The fourth-order valence-corrected chi connectivity index (χ4v) is 2.02. The zero-order chi connectivity index (χ0) is 10.7. The highest BCUT2D eigenvalue weighted by molar-refractivity contribution is 6.35. The van der Waals surface area contributed by atoms with Gasteiger partial charge in [0.1, 0.15) is 5.75 Å². The first kappa shape index (κ1) is 11.6. The zero-order valence-electron chi connectivity index (χ0n) is 7.93. The molecule has 0 bridgehead atoms. The Kier molecular flexibility index (Phi) is 4.05. The van der Waals surface area contributed by atoms with Crippen molar-refractivity contribution in [1.29, 1.82) is 0 Å². The van der Waals surface area contributed by atoms with Crippen LogP contribution in [0.4, 0.5) is 0 Å². The third-order valence-corrected chi connectivity index (χ3v) is 2.57. The largest absolute Gasteiger partial charge is 0.508 e. The number of phenols is 1. The van der Waals surface area contributed by atoms with E-state index in [1.165, 1.54) is 6.07 Å². The normalized spacial score (nSPS) is 12.9. The number of rotatable bonds is 3. The van der Waals surface area contributed by atoms with Gasteiger partial charge >= 0.3 is 0 Å². The van der Waals surface area contributed by atoms with Gasteiger partial charge in [0, 0.05) is 16.6 Å². The van der Waals surface area contributed by atoms with Crippen molar-refractivity contribution in [3.63, 3.8) is 0 Å². The summed E-state index contributed by atoms with van der Waals surface area (Å²) < 4.78 is 0. The Morgan fingerprint density at radius 3 is 2.57 bits per heavy atom. The third-order valence-electron chi connectivity index (χ3n) is 2.04. The summed E-state index contributed by atoms with van der Waals surface area (Å²) in [6.45, 7) is 2.03. The molecule has 0 radical (unpaired) electrons. The van der Waals surface area contributed by atoms with Gasteiger partial charge in [-0.15, -0.1) is 0 Å². The van der Waals surface area contributed by atoms with E-state index < -0.39 is 0 Å².